The van der Waals surface area contributed by atoms with Gasteiger partial charge < -0.3 is 20.3 Å². The van der Waals surface area contributed by atoms with Gasteiger partial charge in [0.05, 0.1) is 17.4 Å². The number of carboxylic acids is 1. The fraction of sp³-hybridized carbons (Fsp3) is 0.158. The smallest absolute Gasteiger partial charge is 0.328 e. The molecule has 2 unspecified atom stereocenters. The molecule has 4 rings (SSSR count). The Hall–Kier alpha value is -3.26. The number of rotatable bonds is 4. The Morgan fingerprint density at radius 2 is 2.07 bits per heavy atom. The van der Waals surface area contributed by atoms with E-state index < -0.39 is 12.0 Å². The maximum atomic E-state index is 11.3. The molecule has 0 saturated carbocycles. The van der Waals surface area contributed by atoms with Crippen molar-refractivity contribution in [3.8, 4) is 0 Å². The standard InChI is InChI=1S/C19H17N5O2S/c1-11(18(25)26)22-17-16(12-5-3-2-4-6-12)24(19(27)23-17)13-7-8-14-15(9-13)21-10-20-14/h2-11,16H,1H3,(H,20,21)(H,25,26)(H,22,23,27). The van der Waals surface area contributed by atoms with Crippen LogP contribution in [0.25, 0.3) is 11.0 Å². The van der Waals surface area contributed by atoms with Gasteiger partial charge >= 0.3 is 5.97 Å². The molecule has 1 aromatic heterocycles. The summed E-state index contributed by atoms with van der Waals surface area (Å²) in [6, 6.07) is 14.4. The van der Waals surface area contributed by atoms with Crippen LogP contribution in [-0.4, -0.2) is 38.0 Å². The molecule has 1 fully saturated rings. The van der Waals surface area contributed by atoms with Gasteiger partial charge in [0.25, 0.3) is 0 Å². The first-order valence-electron chi connectivity index (χ1n) is 8.43. The monoisotopic (exact) mass is 379 g/mol. The van der Waals surface area contributed by atoms with Crippen LogP contribution in [0.1, 0.15) is 18.5 Å². The minimum absolute atomic E-state index is 0.336. The van der Waals surface area contributed by atoms with Crippen LogP contribution in [0, 0.1) is 0 Å². The molecule has 3 N–H and O–H groups in total. The quantitative estimate of drug-likeness (QED) is 0.604. The molecular formula is C19H17N5O2S. The first kappa shape index (κ1) is 17.2. The fourth-order valence-electron chi connectivity index (χ4n) is 3.12. The molecule has 0 radical (unpaired) electrons. The molecular weight excluding hydrogens is 362 g/mol. The molecule has 0 amide bonds. The van der Waals surface area contributed by atoms with Gasteiger partial charge in [-0.3, -0.25) is 4.99 Å². The normalized spacial score (nSPS) is 19.4. The number of hydrogen-bond acceptors (Lipinski definition) is 4. The summed E-state index contributed by atoms with van der Waals surface area (Å²) in [5.74, 6) is -0.471. The van der Waals surface area contributed by atoms with Crippen LogP contribution in [0.2, 0.25) is 0 Å². The summed E-state index contributed by atoms with van der Waals surface area (Å²) in [7, 11) is 0. The van der Waals surface area contributed by atoms with Crippen molar-refractivity contribution in [2.45, 2.75) is 19.0 Å². The minimum atomic E-state index is -0.988. The van der Waals surface area contributed by atoms with Crippen LogP contribution in [0.15, 0.2) is 59.9 Å². The van der Waals surface area contributed by atoms with Crippen molar-refractivity contribution < 1.29 is 9.90 Å². The highest BCUT2D eigenvalue weighted by Gasteiger charge is 2.37. The van der Waals surface area contributed by atoms with Crippen molar-refractivity contribution in [1.82, 2.24) is 15.3 Å². The zero-order valence-electron chi connectivity index (χ0n) is 14.5. The Morgan fingerprint density at radius 1 is 1.30 bits per heavy atom. The Morgan fingerprint density at radius 3 is 2.81 bits per heavy atom. The van der Waals surface area contributed by atoms with E-state index in [0.717, 1.165) is 22.3 Å². The van der Waals surface area contributed by atoms with Crippen molar-refractivity contribution in [2.24, 2.45) is 4.99 Å². The lowest BCUT2D eigenvalue weighted by Gasteiger charge is -2.25. The van der Waals surface area contributed by atoms with E-state index in [1.165, 1.54) is 0 Å². The van der Waals surface area contributed by atoms with Crippen molar-refractivity contribution in [3.05, 3.63) is 60.4 Å². The second-order valence-corrected chi connectivity index (χ2v) is 6.63. The Labute approximate surface area is 160 Å². The molecule has 1 saturated heterocycles. The van der Waals surface area contributed by atoms with Gasteiger partial charge in [0.2, 0.25) is 0 Å². The third-order valence-electron chi connectivity index (χ3n) is 4.46. The second-order valence-electron chi connectivity index (χ2n) is 6.25. The third kappa shape index (κ3) is 3.15. The molecule has 1 aliphatic rings. The average molecular weight is 379 g/mol. The highest BCUT2D eigenvalue weighted by atomic mass is 32.1. The number of fused-ring (bicyclic) bond motifs is 1. The van der Waals surface area contributed by atoms with Crippen LogP contribution in [0.5, 0.6) is 0 Å². The maximum Gasteiger partial charge on any atom is 0.328 e. The van der Waals surface area contributed by atoms with E-state index in [4.69, 9.17) is 12.2 Å². The first-order chi connectivity index (χ1) is 13.0. The molecule has 2 atom stereocenters. The number of amidine groups is 1. The number of carbonyl (C=O) groups is 1. The van der Waals surface area contributed by atoms with Gasteiger partial charge in [-0.05, 0) is 42.9 Å². The Balaban J connectivity index is 1.83. The van der Waals surface area contributed by atoms with E-state index in [1.807, 2.05) is 53.4 Å². The zero-order chi connectivity index (χ0) is 19.0. The van der Waals surface area contributed by atoms with Gasteiger partial charge in [-0.2, -0.15) is 0 Å². The van der Waals surface area contributed by atoms with Crippen LogP contribution in [-0.2, 0) is 4.79 Å². The summed E-state index contributed by atoms with van der Waals surface area (Å²) in [6.07, 6.45) is 1.64. The molecule has 2 aromatic carbocycles. The molecule has 136 valence electrons. The van der Waals surface area contributed by atoms with E-state index in [2.05, 4.69) is 20.3 Å². The largest absolute Gasteiger partial charge is 0.480 e. The summed E-state index contributed by atoms with van der Waals surface area (Å²) < 4.78 is 0. The van der Waals surface area contributed by atoms with E-state index in [0.29, 0.717) is 10.9 Å². The molecule has 2 heterocycles. The van der Waals surface area contributed by atoms with Crippen molar-refractivity contribution in [3.63, 3.8) is 0 Å². The number of benzene rings is 2. The summed E-state index contributed by atoms with van der Waals surface area (Å²) >= 11 is 5.56. The Bertz CT molecular complexity index is 1050. The lowest BCUT2D eigenvalue weighted by molar-refractivity contribution is -0.137. The molecule has 1 aliphatic heterocycles. The molecule has 3 aromatic rings. The van der Waals surface area contributed by atoms with Gasteiger partial charge in [0.15, 0.2) is 5.11 Å². The lowest BCUT2D eigenvalue weighted by Crippen LogP contribution is -2.29. The molecule has 0 bridgehead atoms. The molecule has 0 spiro atoms. The highest BCUT2D eigenvalue weighted by molar-refractivity contribution is 7.80. The predicted octanol–water partition coefficient (Wildman–Crippen LogP) is 2.87. The summed E-state index contributed by atoms with van der Waals surface area (Å²) in [4.78, 5) is 25.0. The van der Waals surface area contributed by atoms with Crippen molar-refractivity contribution in [2.75, 3.05) is 4.90 Å². The summed E-state index contributed by atoms with van der Waals surface area (Å²) in [5, 5.41) is 12.8. The highest BCUT2D eigenvalue weighted by Crippen LogP contribution is 2.33. The lowest BCUT2D eigenvalue weighted by atomic mass is 10.0. The number of aromatic amines is 1. The van der Waals surface area contributed by atoms with Crippen LogP contribution < -0.4 is 10.2 Å². The number of anilines is 1. The predicted molar refractivity (Wildman–Crippen MR) is 108 cm³/mol. The SMILES string of the molecule is CC(/N=C1\NC(=S)N(c2ccc3[nH]cnc3c2)C1c1ccccc1)C(=O)O. The molecule has 0 aliphatic carbocycles. The maximum absolute atomic E-state index is 11.3. The molecule has 27 heavy (non-hydrogen) atoms. The van der Waals surface area contributed by atoms with Gasteiger partial charge in [-0.1, -0.05) is 30.3 Å². The van der Waals surface area contributed by atoms with Gasteiger partial charge in [0.1, 0.15) is 17.9 Å². The Kier molecular flexibility index (Phi) is 4.33. The fourth-order valence-corrected chi connectivity index (χ4v) is 3.44. The number of nitrogens with zero attached hydrogens (tertiary/aromatic N) is 3. The van der Waals surface area contributed by atoms with Crippen LogP contribution >= 0.6 is 12.2 Å². The van der Waals surface area contributed by atoms with E-state index in [1.54, 1.807) is 13.3 Å². The topological polar surface area (TPSA) is 93.6 Å². The van der Waals surface area contributed by atoms with E-state index in [-0.39, 0.29) is 6.04 Å². The van der Waals surface area contributed by atoms with Gasteiger partial charge in [-0.25, -0.2) is 9.78 Å². The number of H-pyrrole nitrogens is 1. The third-order valence-corrected chi connectivity index (χ3v) is 4.76. The number of imidazole rings is 1. The second kappa shape index (κ2) is 6.81. The summed E-state index contributed by atoms with van der Waals surface area (Å²) in [5.41, 5.74) is 3.57. The number of aliphatic carboxylic acids is 1. The molecule has 8 heteroatoms. The van der Waals surface area contributed by atoms with Gasteiger partial charge in [0, 0.05) is 5.69 Å². The average Bonchev–Trinajstić information content (AvgIpc) is 3.25. The number of carboxylic acid groups (broad SMARTS) is 1. The molecule has 7 nitrogen and oxygen atoms in total. The van der Waals surface area contributed by atoms with Gasteiger partial charge in [-0.15, -0.1) is 0 Å². The number of thiocarbonyl (C=S) groups is 1. The first-order valence-corrected chi connectivity index (χ1v) is 8.84. The number of aliphatic imine (C=N–C) groups is 1. The van der Waals surface area contributed by atoms with Crippen LogP contribution in [0.4, 0.5) is 5.69 Å². The van der Waals surface area contributed by atoms with Crippen molar-refractivity contribution >= 4 is 45.9 Å². The minimum Gasteiger partial charge on any atom is -0.480 e. The summed E-state index contributed by atoms with van der Waals surface area (Å²) in [6.45, 7) is 1.54. The number of hydrogen-bond donors (Lipinski definition) is 3. The number of aromatic nitrogens is 2. The van der Waals surface area contributed by atoms with Crippen LogP contribution in [0.3, 0.4) is 0 Å². The number of nitrogens with one attached hydrogen (secondary N) is 2. The van der Waals surface area contributed by atoms with E-state index >= 15 is 0 Å². The van der Waals surface area contributed by atoms with Crippen molar-refractivity contribution in [1.29, 1.82) is 0 Å². The zero-order valence-corrected chi connectivity index (χ0v) is 15.3. The van der Waals surface area contributed by atoms with E-state index in [9.17, 15) is 9.90 Å².